The van der Waals surface area contributed by atoms with Crippen LogP contribution in [-0.4, -0.2) is 29.8 Å². The largest absolute Gasteiger partial charge is 0.394 e. The number of aliphatic hydroxyl groups excluding tert-OH is 1. The highest BCUT2D eigenvalue weighted by atomic mass is 16.3. The summed E-state index contributed by atoms with van der Waals surface area (Å²) in [6, 6.07) is 9.37. The molecule has 0 aromatic heterocycles. The maximum atomic E-state index is 11.5. The molecule has 0 fully saturated rings. The lowest BCUT2D eigenvalue weighted by molar-refractivity contribution is 0.214. The molecule has 0 aliphatic rings. The molecule has 94 valence electrons. The van der Waals surface area contributed by atoms with Gasteiger partial charge < -0.3 is 15.7 Å². The summed E-state index contributed by atoms with van der Waals surface area (Å²) in [5.74, 6) is 0. The normalized spacial score (nSPS) is 12.2. The molecule has 1 aromatic carbocycles. The quantitative estimate of drug-likeness (QED) is 0.721. The van der Waals surface area contributed by atoms with Crippen LogP contribution in [0.1, 0.15) is 19.4 Å². The SMILES string of the molecule is CC(C)NC(=O)N[C@H](CO)Cc1ccccc1. The highest BCUT2D eigenvalue weighted by molar-refractivity contribution is 5.74. The molecule has 0 saturated carbocycles. The van der Waals surface area contributed by atoms with Gasteiger partial charge in [0.05, 0.1) is 12.6 Å². The van der Waals surface area contributed by atoms with Crippen LogP contribution in [0, 0.1) is 0 Å². The molecule has 3 N–H and O–H groups in total. The van der Waals surface area contributed by atoms with Crippen molar-refractivity contribution in [3.05, 3.63) is 35.9 Å². The van der Waals surface area contributed by atoms with Crippen LogP contribution in [0.3, 0.4) is 0 Å². The summed E-state index contributed by atoms with van der Waals surface area (Å²) >= 11 is 0. The molecule has 0 radical (unpaired) electrons. The number of aliphatic hydroxyl groups is 1. The summed E-state index contributed by atoms with van der Waals surface area (Å²) in [5.41, 5.74) is 1.09. The van der Waals surface area contributed by atoms with Gasteiger partial charge >= 0.3 is 6.03 Å². The van der Waals surface area contributed by atoms with E-state index in [1.807, 2.05) is 44.2 Å². The van der Waals surface area contributed by atoms with Gasteiger partial charge in [-0.05, 0) is 25.8 Å². The average Bonchev–Trinajstić information content (AvgIpc) is 2.28. The highest BCUT2D eigenvalue weighted by Crippen LogP contribution is 2.02. The second-order valence-electron chi connectivity index (χ2n) is 4.34. The van der Waals surface area contributed by atoms with Crippen LogP contribution in [0.15, 0.2) is 30.3 Å². The predicted octanol–water partition coefficient (Wildman–Crippen LogP) is 1.30. The van der Waals surface area contributed by atoms with Crippen LogP contribution in [0.2, 0.25) is 0 Å². The molecule has 4 heteroatoms. The van der Waals surface area contributed by atoms with E-state index < -0.39 is 0 Å². The predicted molar refractivity (Wildman–Crippen MR) is 67.8 cm³/mol. The molecule has 17 heavy (non-hydrogen) atoms. The Morgan fingerprint density at radius 1 is 1.24 bits per heavy atom. The van der Waals surface area contributed by atoms with E-state index in [1.165, 1.54) is 0 Å². The lowest BCUT2D eigenvalue weighted by Crippen LogP contribution is -2.46. The number of carbonyl (C=O) groups is 1. The van der Waals surface area contributed by atoms with Gasteiger partial charge in [-0.3, -0.25) is 0 Å². The monoisotopic (exact) mass is 236 g/mol. The third kappa shape index (κ3) is 5.36. The maximum absolute atomic E-state index is 11.5. The fourth-order valence-electron chi connectivity index (χ4n) is 1.55. The Bertz CT molecular complexity index is 339. The van der Waals surface area contributed by atoms with Crippen LogP contribution in [-0.2, 0) is 6.42 Å². The van der Waals surface area contributed by atoms with Crippen molar-refractivity contribution < 1.29 is 9.90 Å². The smallest absolute Gasteiger partial charge is 0.315 e. The third-order valence-electron chi connectivity index (χ3n) is 2.30. The fourth-order valence-corrected chi connectivity index (χ4v) is 1.55. The summed E-state index contributed by atoms with van der Waals surface area (Å²) in [5, 5.41) is 14.7. The minimum atomic E-state index is -0.254. The number of nitrogens with one attached hydrogen (secondary N) is 2. The van der Waals surface area contributed by atoms with Crippen molar-refractivity contribution in [2.24, 2.45) is 0 Å². The molecule has 0 saturated heterocycles. The van der Waals surface area contributed by atoms with Crippen molar-refractivity contribution in [3.63, 3.8) is 0 Å². The maximum Gasteiger partial charge on any atom is 0.315 e. The van der Waals surface area contributed by atoms with Gasteiger partial charge in [-0.25, -0.2) is 4.79 Å². The van der Waals surface area contributed by atoms with Crippen LogP contribution in [0.4, 0.5) is 4.79 Å². The Labute approximate surface area is 102 Å². The third-order valence-corrected chi connectivity index (χ3v) is 2.30. The summed E-state index contributed by atoms with van der Waals surface area (Å²) in [4.78, 5) is 11.5. The fraction of sp³-hybridized carbons (Fsp3) is 0.462. The molecule has 0 unspecified atom stereocenters. The molecule has 2 amide bonds. The summed E-state index contributed by atoms with van der Waals surface area (Å²) < 4.78 is 0. The van der Waals surface area contributed by atoms with E-state index in [0.29, 0.717) is 6.42 Å². The molecule has 0 aliphatic heterocycles. The molecule has 0 bridgehead atoms. The van der Waals surface area contributed by atoms with Crippen molar-refractivity contribution in [2.45, 2.75) is 32.4 Å². The van der Waals surface area contributed by atoms with E-state index in [-0.39, 0.29) is 24.7 Å². The van der Waals surface area contributed by atoms with E-state index in [9.17, 15) is 9.90 Å². The van der Waals surface area contributed by atoms with Crippen LogP contribution in [0.25, 0.3) is 0 Å². The summed E-state index contributed by atoms with van der Waals surface area (Å²) in [6.45, 7) is 3.72. The lowest BCUT2D eigenvalue weighted by Gasteiger charge is -2.18. The second kappa shape index (κ2) is 6.91. The van der Waals surface area contributed by atoms with Gasteiger partial charge in [0.25, 0.3) is 0 Å². The van der Waals surface area contributed by atoms with E-state index in [2.05, 4.69) is 10.6 Å². The summed E-state index contributed by atoms with van der Waals surface area (Å²) in [7, 11) is 0. The van der Waals surface area contributed by atoms with E-state index in [1.54, 1.807) is 0 Å². The van der Waals surface area contributed by atoms with E-state index >= 15 is 0 Å². The zero-order valence-corrected chi connectivity index (χ0v) is 10.3. The first-order chi connectivity index (χ1) is 8.11. The van der Waals surface area contributed by atoms with Crippen molar-refractivity contribution in [3.8, 4) is 0 Å². The first kappa shape index (κ1) is 13.5. The topological polar surface area (TPSA) is 61.4 Å². The molecule has 4 nitrogen and oxygen atoms in total. The van der Waals surface area contributed by atoms with Crippen LogP contribution < -0.4 is 10.6 Å². The molecule has 0 aliphatic carbocycles. The number of benzene rings is 1. The summed E-state index contributed by atoms with van der Waals surface area (Å²) in [6.07, 6.45) is 0.628. The van der Waals surface area contributed by atoms with Gasteiger partial charge in [-0.15, -0.1) is 0 Å². The zero-order valence-electron chi connectivity index (χ0n) is 10.3. The van der Waals surface area contributed by atoms with Gasteiger partial charge in [0.15, 0.2) is 0 Å². The lowest BCUT2D eigenvalue weighted by atomic mass is 10.1. The van der Waals surface area contributed by atoms with Crippen LogP contribution in [0.5, 0.6) is 0 Å². The van der Waals surface area contributed by atoms with Crippen LogP contribution >= 0.6 is 0 Å². The Morgan fingerprint density at radius 3 is 2.41 bits per heavy atom. The number of rotatable bonds is 5. The minimum absolute atomic E-state index is 0.0690. The Kier molecular flexibility index (Phi) is 5.49. The standard InChI is InChI=1S/C13H20N2O2/c1-10(2)14-13(17)15-12(9-16)8-11-6-4-3-5-7-11/h3-7,10,12,16H,8-9H2,1-2H3,(H2,14,15,17)/t12-/m0/s1. The molecule has 0 spiro atoms. The molecular formula is C13H20N2O2. The van der Waals surface area contributed by atoms with Gasteiger partial charge in [-0.2, -0.15) is 0 Å². The molecule has 1 aromatic rings. The average molecular weight is 236 g/mol. The number of hydrogen-bond acceptors (Lipinski definition) is 2. The van der Waals surface area contributed by atoms with Gasteiger partial charge in [0.1, 0.15) is 0 Å². The van der Waals surface area contributed by atoms with Gasteiger partial charge in [0.2, 0.25) is 0 Å². The molecule has 0 heterocycles. The first-order valence-electron chi connectivity index (χ1n) is 5.83. The second-order valence-corrected chi connectivity index (χ2v) is 4.34. The van der Waals surface area contributed by atoms with Crippen molar-refractivity contribution in [1.29, 1.82) is 0 Å². The Hall–Kier alpha value is -1.55. The Morgan fingerprint density at radius 2 is 1.88 bits per heavy atom. The highest BCUT2D eigenvalue weighted by Gasteiger charge is 2.12. The molecular weight excluding hydrogens is 216 g/mol. The zero-order chi connectivity index (χ0) is 12.7. The number of urea groups is 1. The van der Waals surface area contributed by atoms with Gasteiger partial charge in [0, 0.05) is 6.04 Å². The molecule has 1 atom stereocenters. The van der Waals surface area contributed by atoms with Crippen molar-refractivity contribution >= 4 is 6.03 Å². The van der Waals surface area contributed by atoms with E-state index in [0.717, 1.165) is 5.56 Å². The first-order valence-corrected chi connectivity index (χ1v) is 5.83. The van der Waals surface area contributed by atoms with Crippen molar-refractivity contribution in [1.82, 2.24) is 10.6 Å². The number of carbonyl (C=O) groups excluding carboxylic acids is 1. The Balaban J connectivity index is 2.46. The van der Waals surface area contributed by atoms with Crippen molar-refractivity contribution in [2.75, 3.05) is 6.61 Å². The minimum Gasteiger partial charge on any atom is -0.394 e. The molecule has 1 rings (SSSR count). The number of amides is 2. The number of hydrogen-bond donors (Lipinski definition) is 3. The van der Waals surface area contributed by atoms with Gasteiger partial charge in [-0.1, -0.05) is 30.3 Å². The van der Waals surface area contributed by atoms with E-state index in [4.69, 9.17) is 0 Å².